The Balaban J connectivity index is 1.44. The normalized spacial score (nSPS) is 25.4. The first-order valence-corrected chi connectivity index (χ1v) is 20.9. The van der Waals surface area contributed by atoms with Crippen LogP contribution in [0.3, 0.4) is 0 Å². The fraction of sp³-hybridized carbons (Fsp3) is 0.432. The molecule has 3 aliphatic rings. The summed E-state index contributed by atoms with van der Waals surface area (Å²) in [5.74, 6) is -0.513. The number of aromatic nitrogens is 1. The summed E-state index contributed by atoms with van der Waals surface area (Å²) >= 11 is 0. The van der Waals surface area contributed by atoms with Gasteiger partial charge < -0.3 is 45.5 Å². The van der Waals surface area contributed by atoms with Crippen molar-refractivity contribution >= 4 is 52.9 Å². The Bertz CT molecular complexity index is 2220. The van der Waals surface area contributed by atoms with Gasteiger partial charge in [-0.3, -0.25) is 33.6 Å². The lowest BCUT2D eigenvalue weighted by Crippen LogP contribution is -2.61. The summed E-state index contributed by atoms with van der Waals surface area (Å²) in [4.78, 5) is 121. The van der Waals surface area contributed by atoms with Gasteiger partial charge in [-0.1, -0.05) is 49.4 Å². The molecule has 0 aliphatic carbocycles. The first-order chi connectivity index (χ1) is 30.1. The van der Waals surface area contributed by atoms with Gasteiger partial charge in [0.2, 0.25) is 29.5 Å². The summed E-state index contributed by atoms with van der Waals surface area (Å²) in [6.45, 7) is 2.97. The zero-order valence-corrected chi connectivity index (χ0v) is 35.6. The summed E-state index contributed by atoms with van der Waals surface area (Å²) < 4.78 is 5.84. The van der Waals surface area contributed by atoms with Gasteiger partial charge in [-0.05, 0) is 61.6 Å². The molecule has 6 rings (SSSR count). The van der Waals surface area contributed by atoms with E-state index in [4.69, 9.17) is 10.6 Å². The highest BCUT2D eigenvalue weighted by atomic mass is 16.5. The van der Waals surface area contributed by atoms with Crippen molar-refractivity contribution in [1.82, 2.24) is 35.6 Å². The van der Waals surface area contributed by atoms with Crippen LogP contribution in [-0.4, -0.2) is 135 Å². The van der Waals surface area contributed by atoms with Crippen molar-refractivity contribution in [1.29, 1.82) is 0 Å². The summed E-state index contributed by atoms with van der Waals surface area (Å²) in [6, 6.07) is 9.52. The van der Waals surface area contributed by atoms with E-state index >= 15 is 0 Å². The number of rotatable bonds is 7. The van der Waals surface area contributed by atoms with Gasteiger partial charge in [0.1, 0.15) is 47.8 Å². The lowest BCUT2D eigenvalue weighted by Gasteiger charge is -2.40. The second-order valence-corrected chi connectivity index (χ2v) is 16.0. The minimum absolute atomic E-state index is 0.0109. The minimum Gasteiger partial charge on any atom is -0.505 e. The van der Waals surface area contributed by atoms with Gasteiger partial charge in [0.05, 0.1) is 5.69 Å². The number of benzene rings is 2. The quantitative estimate of drug-likeness (QED) is 0.124. The van der Waals surface area contributed by atoms with E-state index in [0.717, 1.165) is 0 Å². The Labute approximate surface area is 364 Å². The second-order valence-electron chi connectivity index (χ2n) is 16.0. The average molecular weight is 868 g/mol. The fourth-order valence-corrected chi connectivity index (χ4v) is 8.13. The second kappa shape index (κ2) is 19.9. The van der Waals surface area contributed by atoms with Crippen LogP contribution >= 0.6 is 0 Å². The van der Waals surface area contributed by atoms with Crippen molar-refractivity contribution in [3.63, 3.8) is 0 Å². The number of ether oxygens (including phenoxy) is 1. The van der Waals surface area contributed by atoms with Crippen LogP contribution in [0.1, 0.15) is 73.6 Å². The van der Waals surface area contributed by atoms with Crippen LogP contribution in [0, 0.1) is 0 Å². The Morgan fingerprint density at radius 3 is 2.27 bits per heavy atom. The maximum absolute atomic E-state index is 14.9. The number of hydrogen-bond donors (Lipinski definition) is 5. The molecule has 63 heavy (non-hydrogen) atoms. The molecule has 1 aromatic heterocycles. The van der Waals surface area contributed by atoms with Crippen molar-refractivity contribution in [3.05, 3.63) is 89.7 Å². The number of ketones is 1. The van der Waals surface area contributed by atoms with E-state index in [1.54, 1.807) is 68.6 Å². The number of anilines is 1. The third-order valence-corrected chi connectivity index (χ3v) is 11.7. The predicted molar refractivity (Wildman–Crippen MR) is 226 cm³/mol. The summed E-state index contributed by atoms with van der Waals surface area (Å²) in [7, 11) is 3.12. The van der Waals surface area contributed by atoms with Crippen molar-refractivity contribution in [2.24, 2.45) is 5.84 Å². The van der Waals surface area contributed by atoms with E-state index in [2.05, 4.69) is 20.9 Å². The number of hydrazine groups is 1. The van der Waals surface area contributed by atoms with Gasteiger partial charge in [0.25, 0.3) is 5.91 Å². The lowest BCUT2D eigenvalue weighted by molar-refractivity contribution is -0.156. The molecule has 19 heteroatoms. The van der Waals surface area contributed by atoms with E-state index in [-0.39, 0.29) is 56.5 Å². The molecule has 0 saturated carbocycles. The Hall–Kier alpha value is -6.89. The number of Topliss-reactive ketones (excluding diaryl/α,β-unsaturated/α-hetero) is 1. The molecule has 334 valence electrons. The number of hydrogen-bond acceptors (Lipinski definition) is 13. The molecule has 7 unspecified atom stereocenters. The third kappa shape index (κ3) is 10.3. The Morgan fingerprint density at radius 1 is 0.905 bits per heavy atom. The maximum atomic E-state index is 14.9. The predicted octanol–water partition coefficient (Wildman–Crippen LogP) is 0.514. The maximum Gasteiger partial charge on any atom is 0.333 e. The lowest BCUT2D eigenvalue weighted by atomic mass is 9.95. The van der Waals surface area contributed by atoms with Crippen LogP contribution < -0.4 is 26.8 Å². The van der Waals surface area contributed by atoms with Gasteiger partial charge in [-0.2, -0.15) is 0 Å². The van der Waals surface area contributed by atoms with Crippen molar-refractivity contribution in [2.75, 3.05) is 32.2 Å². The number of nitrogens with zero attached hydrogens (tertiary/aromatic N) is 5. The first-order valence-electron chi connectivity index (χ1n) is 20.9. The van der Waals surface area contributed by atoms with Crippen LogP contribution in [0.25, 0.3) is 0 Å². The Kier molecular flexibility index (Phi) is 14.4. The third-order valence-electron chi connectivity index (χ3n) is 11.7. The molecule has 3 saturated heterocycles. The van der Waals surface area contributed by atoms with E-state index in [0.29, 0.717) is 17.7 Å². The largest absolute Gasteiger partial charge is 0.505 e. The molecular formula is C44H53N9O10. The van der Waals surface area contributed by atoms with Crippen LogP contribution in [0.2, 0.25) is 0 Å². The van der Waals surface area contributed by atoms with Gasteiger partial charge in [0, 0.05) is 52.6 Å². The molecular weight excluding hydrogens is 815 g/mol. The number of likely N-dealkylation sites (N-methyl/N-ethyl adjacent to an activating group) is 1. The zero-order chi connectivity index (χ0) is 45.5. The summed E-state index contributed by atoms with van der Waals surface area (Å²) in [5.41, 5.74) is 1.16. The molecule has 0 radical (unpaired) electrons. The molecule has 7 atom stereocenters. The monoisotopic (exact) mass is 867 g/mol. The summed E-state index contributed by atoms with van der Waals surface area (Å²) in [5, 5.41) is 19.6. The van der Waals surface area contributed by atoms with E-state index in [1.807, 2.05) is 0 Å². The first kappa shape index (κ1) is 45.6. The molecule has 6 N–H and O–H groups in total. The number of carbonyl (C=O) groups excluding carboxylic acids is 8. The molecule has 4 heterocycles. The van der Waals surface area contributed by atoms with Crippen LogP contribution in [0.15, 0.2) is 72.9 Å². The van der Waals surface area contributed by atoms with E-state index in [1.165, 1.54) is 52.0 Å². The SMILES string of the molecule is CCC1NC(=O)C(NC(=O)c2ncccc2O)C(C)OC(=O)C(c2ccccc2)NC(=O)C2CC(=O)CCN2C(=O)C(Cc2ccc(N(C)N)cc2)N(C)C(=O)C2CCCN2C1=O. The highest BCUT2D eigenvalue weighted by Crippen LogP contribution is 2.27. The molecule has 3 aromatic rings. The van der Waals surface area contributed by atoms with E-state index < -0.39 is 95.2 Å². The van der Waals surface area contributed by atoms with Gasteiger partial charge in [0.15, 0.2) is 11.7 Å². The van der Waals surface area contributed by atoms with Gasteiger partial charge in [-0.15, -0.1) is 0 Å². The van der Waals surface area contributed by atoms with E-state index in [9.17, 15) is 43.5 Å². The van der Waals surface area contributed by atoms with Crippen LogP contribution in [0.5, 0.6) is 5.75 Å². The molecule has 3 aliphatic heterocycles. The minimum atomic E-state index is -1.69. The smallest absolute Gasteiger partial charge is 0.333 e. The molecule has 19 nitrogen and oxygen atoms in total. The molecule has 3 fully saturated rings. The number of aromatic hydroxyl groups is 1. The Morgan fingerprint density at radius 2 is 1.60 bits per heavy atom. The van der Waals surface area contributed by atoms with Crippen LogP contribution in [0.4, 0.5) is 5.69 Å². The molecule has 0 spiro atoms. The van der Waals surface area contributed by atoms with Gasteiger partial charge >= 0.3 is 5.97 Å². The topological polar surface area (TPSA) is 254 Å². The number of nitrogens with one attached hydrogen (secondary N) is 3. The average Bonchev–Trinajstić information content (AvgIpc) is 3.77. The van der Waals surface area contributed by atoms with Crippen molar-refractivity contribution in [3.8, 4) is 5.75 Å². The van der Waals surface area contributed by atoms with Crippen LogP contribution in [-0.2, 0) is 44.7 Å². The molecule has 6 amide bonds. The molecule has 2 aromatic carbocycles. The zero-order valence-electron chi connectivity index (χ0n) is 35.6. The number of pyridine rings is 1. The highest BCUT2D eigenvalue weighted by molar-refractivity contribution is 6.01. The number of piperidine rings is 1. The number of esters is 1. The van der Waals surface area contributed by atoms with Crippen molar-refractivity contribution < 1.29 is 48.2 Å². The fourth-order valence-electron chi connectivity index (χ4n) is 8.13. The van der Waals surface area contributed by atoms with Gasteiger partial charge in [-0.25, -0.2) is 15.6 Å². The number of fused-ring (bicyclic) bond motifs is 2. The standard InChI is InChI=1S/C44H53N9O10/c1-5-30-41(59)52-21-10-13-31(52)42(60)50(3)33(23-26-15-17-28(18-16-26)51(4)45)43(61)53-22-19-29(54)24-32(53)38(56)49-36(27-11-7-6-8-12-27)44(62)63-25(2)35(39(57)47-30)48-40(58)37-34(55)14-9-20-46-37/h6-9,11-12,14-18,20,25,30-33,35-36,55H,5,10,13,19,21-24,45H2,1-4H3,(H,47,57)(H,48,58)(H,49,56). The highest BCUT2D eigenvalue weighted by Gasteiger charge is 2.45. The number of nitrogens with two attached hydrogens (primary N) is 1. The summed E-state index contributed by atoms with van der Waals surface area (Å²) in [6.07, 6.45) is 0.0603. The van der Waals surface area contributed by atoms with Crippen molar-refractivity contribution in [2.45, 2.75) is 94.7 Å². The number of cyclic esters (lactones) is 1. The number of carbonyl (C=O) groups is 8. The molecule has 0 bridgehead atoms. The number of amides is 6.